The van der Waals surface area contributed by atoms with E-state index >= 15 is 0 Å². The average Bonchev–Trinajstić information content (AvgIpc) is 2.82. The first-order valence-corrected chi connectivity index (χ1v) is 6.45. The first kappa shape index (κ1) is 12.9. The highest BCUT2D eigenvalue weighted by molar-refractivity contribution is 5.79. The van der Waals surface area contributed by atoms with Gasteiger partial charge in [-0.15, -0.1) is 0 Å². The normalized spacial score (nSPS) is 15.3. The molecule has 0 aliphatic heterocycles. The number of nitrogens with one attached hydrogen (secondary N) is 1. The van der Waals surface area contributed by atoms with Gasteiger partial charge in [0.2, 0.25) is 0 Å². The number of fused-ring (bicyclic) bond motifs is 1. The SMILES string of the molecule is COC(=O)C(Nc1ccc2c(n1)CCC2)C(C)C. The number of hydrogen-bond donors (Lipinski definition) is 1. The number of rotatable bonds is 4. The van der Waals surface area contributed by atoms with Crippen LogP contribution in [0.2, 0.25) is 0 Å². The van der Waals surface area contributed by atoms with E-state index < -0.39 is 0 Å². The molecule has 1 N–H and O–H groups in total. The molecule has 1 aliphatic rings. The van der Waals surface area contributed by atoms with Crippen LogP contribution >= 0.6 is 0 Å². The maximum absolute atomic E-state index is 11.7. The molecule has 0 aromatic carbocycles. The number of aryl methyl sites for hydroxylation is 2. The molecule has 1 heterocycles. The molecular formula is C14H20N2O2. The largest absolute Gasteiger partial charge is 0.467 e. The minimum atomic E-state index is -0.345. The fourth-order valence-corrected chi connectivity index (χ4v) is 2.28. The number of aromatic nitrogens is 1. The monoisotopic (exact) mass is 248 g/mol. The van der Waals surface area contributed by atoms with Gasteiger partial charge in [-0.05, 0) is 36.8 Å². The van der Waals surface area contributed by atoms with E-state index in [1.54, 1.807) is 0 Å². The predicted octanol–water partition coefficient (Wildman–Crippen LogP) is 2.18. The summed E-state index contributed by atoms with van der Waals surface area (Å²) in [5.74, 6) is 0.680. The maximum Gasteiger partial charge on any atom is 0.328 e. The number of hydrogen-bond acceptors (Lipinski definition) is 4. The Kier molecular flexibility index (Phi) is 3.84. The predicted molar refractivity (Wildman–Crippen MR) is 70.5 cm³/mol. The average molecular weight is 248 g/mol. The molecule has 0 amide bonds. The van der Waals surface area contributed by atoms with Crippen molar-refractivity contribution in [2.75, 3.05) is 12.4 Å². The summed E-state index contributed by atoms with van der Waals surface area (Å²) >= 11 is 0. The Morgan fingerprint density at radius 3 is 2.83 bits per heavy atom. The molecule has 1 aliphatic carbocycles. The molecule has 4 nitrogen and oxygen atoms in total. The Morgan fingerprint density at radius 2 is 2.17 bits per heavy atom. The van der Waals surface area contributed by atoms with Gasteiger partial charge in [0.15, 0.2) is 0 Å². The zero-order chi connectivity index (χ0) is 13.1. The van der Waals surface area contributed by atoms with Crippen molar-refractivity contribution < 1.29 is 9.53 Å². The van der Waals surface area contributed by atoms with Crippen LogP contribution < -0.4 is 5.32 Å². The highest BCUT2D eigenvalue weighted by Gasteiger charge is 2.23. The first-order chi connectivity index (χ1) is 8.61. The van der Waals surface area contributed by atoms with Crippen LogP contribution in [0.3, 0.4) is 0 Å². The number of anilines is 1. The number of methoxy groups -OCH3 is 1. The smallest absolute Gasteiger partial charge is 0.328 e. The molecule has 98 valence electrons. The minimum absolute atomic E-state index is 0.160. The van der Waals surface area contributed by atoms with Crippen LogP contribution in [0.15, 0.2) is 12.1 Å². The number of ether oxygens (including phenoxy) is 1. The van der Waals surface area contributed by atoms with Gasteiger partial charge in [0, 0.05) is 5.69 Å². The Balaban J connectivity index is 2.14. The molecule has 0 radical (unpaired) electrons. The van der Waals surface area contributed by atoms with Crippen molar-refractivity contribution in [3.63, 3.8) is 0 Å². The highest BCUT2D eigenvalue weighted by atomic mass is 16.5. The third-order valence-electron chi connectivity index (χ3n) is 3.35. The summed E-state index contributed by atoms with van der Waals surface area (Å²) in [6, 6.07) is 3.70. The van der Waals surface area contributed by atoms with Gasteiger partial charge in [0.25, 0.3) is 0 Å². The highest BCUT2D eigenvalue weighted by Crippen LogP contribution is 2.22. The fraction of sp³-hybridized carbons (Fsp3) is 0.571. The van der Waals surface area contributed by atoms with Gasteiger partial charge < -0.3 is 10.1 Å². The number of esters is 1. The quantitative estimate of drug-likeness (QED) is 0.830. The van der Waals surface area contributed by atoms with Crippen molar-refractivity contribution in [3.8, 4) is 0 Å². The summed E-state index contributed by atoms with van der Waals surface area (Å²) in [6.07, 6.45) is 3.33. The Labute approximate surface area is 108 Å². The molecule has 0 saturated carbocycles. The van der Waals surface area contributed by atoms with Crippen LogP contribution in [0.5, 0.6) is 0 Å². The summed E-state index contributed by atoms with van der Waals surface area (Å²) in [7, 11) is 1.41. The summed E-state index contributed by atoms with van der Waals surface area (Å²) in [5, 5.41) is 3.17. The summed E-state index contributed by atoms with van der Waals surface area (Å²) < 4.78 is 4.81. The molecule has 1 aromatic heterocycles. The zero-order valence-corrected chi connectivity index (χ0v) is 11.2. The lowest BCUT2D eigenvalue weighted by atomic mass is 10.0. The number of pyridine rings is 1. The Morgan fingerprint density at radius 1 is 1.39 bits per heavy atom. The molecule has 1 atom stereocenters. The fourth-order valence-electron chi connectivity index (χ4n) is 2.28. The van der Waals surface area contributed by atoms with Gasteiger partial charge in [0.05, 0.1) is 7.11 Å². The van der Waals surface area contributed by atoms with Crippen molar-refractivity contribution >= 4 is 11.8 Å². The van der Waals surface area contributed by atoms with E-state index in [4.69, 9.17) is 4.74 Å². The van der Waals surface area contributed by atoms with Gasteiger partial charge in [-0.1, -0.05) is 19.9 Å². The van der Waals surface area contributed by atoms with Gasteiger partial charge in [-0.3, -0.25) is 0 Å². The molecular weight excluding hydrogens is 228 g/mol. The van der Waals surface area contributed by atoms with E-state index in [0.29, 0.717) is 0 Å². The van der Waals surface area contributed by atoms with Gasteiger partial charge >= 0.3 is 5.97 Å². The van der Waals surface area contributed by atoms with Crippen LogP contribution in [0.4, 0.5) is 5.82 Å². The Bertz CT molecular complexity index is 443. The molecule has 0 saturated heterocycles. The zero-order valence-electron chi connectivity index (χ0n) is 11.2. The second kappa shape index (κ2) is 5.38. The molecule has 1 aromatic rings. The van der Waals surface area contributed by atoms with Gasteiger partial charge in [-0.25, -0.2) is 9.78 Å². The lowest BCUT2D eigenvalue weighted by Crippen LogP contribution is -2.35. The van der Waals surface area contributed by atoms with E-state index in [-0.39, 0.29) is 17.9 Å². The summed E-state index contributed by atoms with van der Waals surface area (Å²) in [6.45, 7) is 3.98. The van der Waals surface area contributed by atoms with Crippen molar-refractivity contribution in [1.29, 1.82) is 0 Å². The van der Waals surface area contributed by atoms with E-state index in [9.17, 15) is 4.79 Å². The van der Waals surface area contributed by atoms with Crippen LogP contribution in [-0.2, 0) is 22.4 Å². The van der Waals surface area contributed by atoms with Crippen LogP contribution in [0.25, 0.3) is 0 Å². The van der Waals surface area contributed by atoms with Crippen LogP contribution in [0.1, 0.15) is 31.5 Å². The second-order valence-electron chi connectivity index (χ2n) is 5.05. The van der Waals surface area contributed by atoms with E-state index in [0.717, 1.165) is 24.4 Å². The second-order valence-corrected chi connectivity index (χ2v) is 5.05. The van der Waals surface area contributed by atoms with Crippen LogP contribution in [0, 0.1) is 5.92 Å². The van der Waals surface area contributed by atoms with E-state index in [2.05, 4.69) is 16.4 Å². The maximum atomic E-state index is 11.7. The third kappa shape index (κ3) is 2.63. The number of nitrogens with zero attached hydrogens (tertiary/aromatic N) is 1. The van der Waals surface area contributed by atoms with Crippen molar-refractivity contribution in [3.05, 3.63) is 23.4 Å². The topological polar surface area (TPSA) is 51.2 Å². The standard InChI is InChI=1S/C14H20N2O2/c1-9(2)13(14(17)18-3)16-12-8-7-10-5-4-6-11(10)15-12/h7-9,13H,4-6H2,1-3H3,(H,15,16). The number of carbonyl (C=O) groups is 1. The molecule has 0 spiro atoms. The first-order valence-electron chi connectivity index (χ1n) is 6.45. The minimum Gasteiger partial charge on any atom is -0.467 e. The van der Waals surface area contributed by atoms with E-state index in [1.807, 2.05) is 19.9 Å². The van der Waals surface area contributed by atoms with Crippen molar-refractivity contribution in [2.45, 2.75) is 39.2 Å². The lowest BCUT2D eigenvalue weighted by Gasteiger charge is -2.20. The van der Waals surface area contributed by atoms with Crippen molar-refractivity contribution in [1.82, 2.24) is 4.98 Å². The Hall–Kier alpha value is -1.58. The van der Waals surface area contributed by atoms with Crippen molar-refractivity contribution in [2.24, 2.45) is 5.92 Å². The molecule has 18 heavy (non-hydrogen) atoms. The van der Waals surface area contributed by atoms with Gasteiger partial charge in [0.1, 0.15) is 11.9 Å². The number of carbonyl (C=O) groups excluding carboxylic acids is 1. The lowest BCUT2D eigenvalue weighted by molar-refractivity contribution is -0.142. The molecule has 4 heteroatoms. The molecule has 2 rings (SSSR count). The van der Waals surface area contributed by atoms with Crippen LogP contribution in [-0.4, -0.2) is 24.1 Å². The summed E-state index contributed by atoms with van der Waals surface area (Å²) in [5.41, 5.74) is 2.49. The van der Waals surface area contributed by atoms with E-state index in [1.165, 1.54) is 19.1 Å². The molecule has 0 fully saturated rings. The van der Waals surface area contributed by atoms with Gasteiger partial charge in [-0.2, -0.15) is 0 Å². The molecule has 0 bridgehead atoms. The summed E-state index contributed by atoms with van der Waals surface area (Å²) in [4.78, 5) is 16.3. The molecule has 1 unspecified atom stereocenters. The third-order valence-corrected chi connectivity index (χ3v) is 3.35.